The van der Waals surface area contributed by atoms with Gasteiger partial charge in [-0.3, -0.25) is 4.79 Å². The van der Waals surface area contributed by atoms with Gasteiger partial charge in [0.05, 0.1) is 0 Å². The van der Waals surface area contributed by atoms with Crippen LogP contribution in [0.2, 0.25) is 0 Å². The Labute approximate surface area is 94.3 Å². The number of hydrogen-bond donors (Lipinski definition) is 1. The molecule has 0 atom stereocenters. The molecule has 0 saturated carbocycles. The van der Waals surface area contributed by atoms with Crippen LogP contribution < -0.4 is 0 Å². The number of rotatable bonds is 3. The van der Waals surface area contributed by atoms with Crippen LogP contribution in [0.15, 0.2) is 6.08 Å². The molecule has 1 N–H and O–H groups in total. The second kappa shape index (κ2) is 4.83. The predicted octanol–water partition coefficient (Wildman–Crippen LogP) is 1.61. The van der Waals surface area contributed by atoms with Crippen molar-refractivity contribution in [1.29, 1.82) is 0 Å². The monoisotopic (exact) mass is 221 g/mol. The smallest absolute Gasteiger partial charge is 0.198 e. The first kappa shape index (κ1) is 12.3. The van der Waals surface area contributed by atoms with Crippen molar-refractivity contribution in [2.75, 3.05) is 0 Å². The number of aryl methyl sites for hydroxylation is 2. The predicted molar refractivity (Wildman–Crippen MR) is 59.8 cm³/mol. The summed E-state index contributed by atoms with van der Waals surface area (Å²) in [7, 11) is 0. The lowest BCUT2D eigenvalue weighted by Crippen LogP contribution is -2.06. The largest absolute Gasteiger partial charge is 0.504 e. The van der Waals surface area contributed by atoms with E-state index in [1.807, 2.05) is 0 Å². The number of nitrogens with zero attached hydrogens (tertiary/aromatic N) is 3. The lowest BCUT2D eigenvalue weighted by atomic mass is 10.1. The van der Waals surface area contributed by atoms with Gasteiger partial charge < -0.3 is 5.11 Å². The molecule has 1 aromatic rings. The van der Waals surface area contributed by atoms with Gasteiger partial charge in [-0.05, 0) is 13.8 Å². The van der Waals surface area contributed by atoms with Crippen molar-refractivity contribution >= 4 is 11.5 Å². The average Bonchev–Trinajstić information content (AvgIpc) is 2.15. The van der Waals surface area contributed by atoms with Gasteiger partial charge in [-0.2, -0.15) is 0 Å². The third-order valence-electron chi connectivity index (χ3n) is 1.94. The highest BCUT2D eigenvalue weighted by Crippen LogP contribution is 2.08. The zero-order valence-electron chi connectivity index (χ0n) is 9.85. The van der Waals surface area contributed by atoms with Crippen LogP contribution in [0.1, 0.15) is 31.3 Å². The Hall–Kier alpha value is -1.78. The number of hydrogen-bond acceptors (Lipinski definition) is 5. The first-order valence-electron chi connectivity index (χ1n) is 5.04. The summed E-state index contributed by atoms with van der Waals surface area (Å²) >= 11 is 0. The van der Waals surface area contributed by atoms with Crippen LogP contribution in [0.25, 0.3) is 5.76 Å². The molecule has 1 aromatic heterocycles. The summed E-state index contributed by atoms with van der Waals surface area (Å²) in [5, 5.41) is 9.68. The second-order valence-corrected chi connectivity index (χ2v) is 3.84. The molecule has 0 aliphatic heterocycles. The molecule has 0 radical (unpaired) electrons. The van der Waals surface area contributed by atoms with E-state index in [0.717, 1.165) is 6.08 Å². The number of aliphatic hydroxyl groups is 1. The number of aromatic nitrogens is 3. The fraction of sp³-hybridized carbons (Fsp3) is 0.455. The lowest BCUT2D eigenvalue weighted by molar-refractivity contribution is -0.117. The minimum Gasteiger partial charge on any atom is -0.504 e. The van der Waals surface area contributed by atoms with Crippen molar-refractivity contribution in [1.82, 2.24) is 15.0 Å². The Kier molecular flexibility index (Phi) is 3.71. The van der Waals surface area contributed by atoms with Crippen LogP contribution in [0.4, 0.5) is 0 Å². The van der Waals surface area contributed by atoms with E-state index in [4.69, 9.17) is 0 Å². The molecule has 5 nitrogen and oxygen atoms in total. The highest BCUT2D eigenvalue weighted by molar-refractivity contribution is 5.95. The molecule has 0 unspecified atom stereocenters. The van der Waals surface area contributed by atoms with Crippen molar-refractivity contribution in [3.63, 3.8) is 0 Å². The fourth-order valence-electron chi connectivity index (χ4n) is 1.10. The maximum absolute atomic E-state index is 11.4. The molecular formula is C11H15N3O2. The Morgan fingerprint density at radius 2 is 1.69 bits per heavy atom. The number of aliphatic hydroxyl groups excluding tert-OH is 1. The zero-order valence-corrected chi connectivity index (χ0v) is 9.85. The van der Waals surface area contributed by atoms with Gasteiger partial charge in [0.25, 0.3) is 0 Å². The molecular weight excluding hydrogens is 206 g/mol. The van der Waals surface area contributed by atoms with Crippen molar-refractivity contribution in [3.8, 4) is 0 Å². The van der Waals surface area contributed by atoms with Gasteiger partial charge in [0.2, 0.25) is 0 Å². The molecule has 0 fully saturated rings. The van der Waals surface area contributed by atoms with Crippen LogP contribution in [0.5, 0.6) is 0 Å². The molecule has 0 aromatic carbocycles. The number of ketones is 1. The Balaban J connectivity index is 3.04. The molecule has 0 saturated heterocycles. The van der Waals surface area contributed by atoms with Crippen LogP contribution in [-0.4, -0.2) is 25.8 Å². The van der Waals surface area contributed by atoms with Gasteiger partial charge in [0.15, 0.2) is 17.4 Å². The van der Waals surface area contributed by atoms with E-state index in [1.165, 1.54) is 0 Å². The molecule has 0 aliphatic rings. The summed E-state index contributed by atoms with van der Waals surface area (Å²) in [5.74, 6) is 0.629. The Morgan fingerprint density at radius 1 is 1.19 bits per heavy atom. The third kappa shape index (κ3) is 3.12. The first-order chi connectivity index (χ1) is 7.40. The molecule has 86 valence electrons. The van der Waals surface area contributed by atoms with Crippen LogP contribution in [0.3, 0.4) is 0 Å². The van der Waals surface area contributed by atoms with Crippen LogP contribution in [0, 0.1) is 19.8 Å². The minimum atomic E-state index is -0.215. The summed E-state index contributed by atoms with van der Waals surface area (Å²) in [6, 6.07) is 0. The summed E-state index contributed by atoms with van der Waals surface area (Å²) in [4.78, 5) is 23.3. The topological polar surface area (TPSA) is 76.0 Å². The van der Waals surface area contributed by atoms with E-state index in [-0.39, 0.29) is 23.3 Å². The van der Waals surface area contributed by atoms with Gasteiger partial charge in [-0.25, -0.2) is 15.0 Å². The van der Waals surface area contributed by atoms with Crippen molar-refractivity contribution in [2.45, 2.75) is 27.7 Å². The molecule has 5 heteroatoms. The molecule has 0 bridgehead atoms. The highest BCUT2D eigenvalue weighted by atomic mass is 16.3. The average molecular weight is 221 g/mol. The number of carbonyl (C=O) groups excluding carboxylic acids is 1. The van der Waals surface area contributed by atoms with Crippen molar-refractivity contribution < 1.29 is 9.90 Å². The summed E-state index contributed by atoms with van der Waals surface area (Å²) < 4.78 is 0. The van der Waals surface area contributed by atoms with Gasteiger partial charge >= 0.3 is 0 Å². The van der Waals surface area contributed by atoms with Gasteiger partial charge in [0.1, 0.15) is 11.6 Å². The van der Waals surface area contributed by atoms with Crippen LogP contribution in [-0.2, 0) is 4.79 Å². The van der Waals surface area contributed by atoms with E-state index in [1.54, 1.807) is 27.7 Å². The highest BCUT2D eigenvalue weighted by Gasteiger charge is 2.10. The molecule has 1 rings (SSSR count). The fourth-order valence-corrected chi connectivity index (χ4v) is 1.10. The quantitative estimate of drug-likeness (QED) is 0.620. The normalized spacial score (nSPS) is 11.9. The number of carbonyl (C=O) groups is 1. The lowest BCUT2D eigenvalue weighted by Gasteiger charge is -2.02. The molecule has 16 heavy (non-hydrogen) atoms. The molecule has 0 spiro atoms. The number of allylic oxidation sites excluding steroid dienone is 1. The van der Waals surface area contributed by atoms with Crippen molar-refractivity contribution in [3.05, 3.63) is 23.5 Å². The van der Waals surface area contributed by atoms with E-state index < -0.39 is 0 Å². The summed E-state index contributed by atoms with van der Waals surface area (Å²) in [6.45, 7) is 6.93. The van der Waals surface area contributed by atoms with Gasteiger partial charge in [-0.15, -0.1) is 0 Å². The second-order valence-electron chi connectivity index (χ2n) is 3.84. The SMILES string of the molecule is Cc1nc(C)nc(C(O)=CC(=O)C(C)C)n1. The summed E-state index contributed by atoms with van der Waals surface area (Å²) in [6.07, 6.45) is 1.15. The Morgan fingerprint density at radius 3 is 2.12 bits per heavy atom. The molecule has 0 amide bonds. The van der Waals surface area contributed by atoms with E-state index >= 15 is 0 Å². The maximum atomic E-state index is 11.4. The van der Waals surface area contributed by atoms with E-state index in [0.29, 0.717) is 11.6 Å². The van der Waals surface area contributed by atoms with Crippen molar-refractivity contribution in [2.24, 2.45) is 5.92 Å². The molecule has 0 aliphatic carbocycles. The summed E-state index contributed by atoms with van der Waals surface area (Å²) in [5.41, 5.74) is 0. The maximum Gasteiger partial charge on any atom is 0.198 e. The first-order valence-corrected chi connectivity index (χ1v) is 5.04. The third-order valence-corrected chi connectivity index (χ3v) is 1.94. The van der Waals surface area contributed by atoms with E-state index in [2.05, 4.69) is 15.0 Å². The molecule has 1 heterocycles. The standard InChI is InChI=1S/C11H15N3O2/c1-6(2)9(15)5-10(16)11-13-7(3)12-8(4)14-11/h5-6,16H,1-4H3. The Bertz CT molecular complexity index is 419. The zero-order chi connectivity index (χ0) is 12.3. The van der Waals surface area contributed by atoms with Gasteiger partial charge in [0, 0.05) is 12.0 Å². The minimum absolute atomic E-state index is 0.138. The van der Waals surface area contributed by atoms with E-state index in [9.17, 15) is 9.90 Å². The van der Waals surface area contributed by atoms with Crippen LogP contribution >= 0.6 is 0 Å². The van der Waals surface area contributed by atoms with Gasteiger partial charge in [-0.1, -0.05) is 13.8 Å².